The molecule has 0 spiro atoms. The first-order chi connectivity index (χ1) is 19.4. The van der Waals surface area contributed by atoms with Crippen LogP contribution in [0.3, 0.4) is 0 Å². The average molecular weight is 574 g/mol. The fourth-order valence-corrected chi connectivity index (χ4v) is 3.05. The number of nitrogens with one attached hydrogen (secondary N) is 4. The van der Waals surface area contributed by atoms with Crippen LogP contribution in [0.5, 0.6) is 0 Å². The molecule has 0 radical (unpaired) electrons. The van der Waals surface area contributed by atoms with Gasteiger partial charge in [-0.25, -0.2) is 20.2 Å². The molecule has 2 heterocycles. The molecule has 18 heteroatoms. The number of carbonyl (C=O) groups excluding carboxylic acids is 3. The van der Waals surface area contributed by atoms with Crippen molar-refractivity contribution < 1.29 is 39.4 Å². The molecule has 218 valence electrons. The third-order valence-electron chi connectivity index (χ3n) is 5.08. The second-order valence-electron chi connectivity index (χ2n) is 8.21. The number of nitrogens with two attached hydrogens (primary N) is 2. The normalized spacial score (nSPS) is 11.0. The highest BCUT2D eigenvalue weighted by molar-refractivity contribution is 5.97. The van der Waals surface area contributed by atoms with Gasteiger partial charge in [-0.1, -0.05) is 0 Å². The van der Waals surface area contributed by atoms with E-state index in [9.17, 15) is 28.8 Å². The standard InChI is InChI=1S/C19H19N7O6.C4H8N2O3/c20-19-25-15-14(17(30)26-19)23-11(8-22-15)7-21-10-3-1-9(2-4-10)16(29)24-12(18(31)32)5-6-13(27)28;5-3(7)1-2-4(8)6-9/h1-4,8,12,21H,5-7H2,(H,24,29)(H,27,28)(H,31,32)(H3,20,22,25,26,30);9H,1-2H2,(H2,5,7)(H,6,8). The highest BCUT2D eigenvalue weighted by Gasteiger charge is 2.21. The summed E-state index contributed by atoms with van der Waals surface area (Å²) in [4.78, 5) is 80.7. The number of carboxylic acids is 2. The van der Waals surface area contributed by atoms with Crippen LogP contribution in [0.4, 0.5) is 11.6 Å². The third kappa shape index (κ3) is 10.6. The van der Waals surface area contributed by atoms with Gasteiger partial charge >= 0.3 is 11.9 Å². The Morgan fingerprint density at radius 1 is 1.00 bits per heavy atom. The van der Waals surface area contributed by atoms with Crippen LogP contribution in [0.25, 0.3) is 11.2 Å². The lowest BCUT2D eigenvalue weighted by Gasteiger charge is -2.14. The van der Waals surface area contributed by atoms with Crippen molar-refractivity contribution in [1.82, 2.24) is 30.7 Å². The molecule has 1 unspecified atom stereocenters. The van der Waals surface area contributed by atoms with Crippen molar-refractivity contribution in [3.8, 4) is 0 Å². The molecular weight excluding hydrogens is 546 g/mol. The van der Waals surface area contributed by atoms with E-state index in [4.69, 9.17) is 26.9 Å². The lowest BCUT2D eigenvalue weighted by atomic mass is 10.1. The number of nitrogens with zero attached hydrogens (tertiary/aromatic N) is 3. The van der Waals surface area contributed by atoms with Crippen LogP contribution < -0.4 is 33.1 Å². The quantitative estimate of drug-likeness (QED) is 0.0899. The Morgan fingerprint density at radius 3 is 2.27 bits per heavy atom. The monoisotopic (exact) mass is 573 g/mol. The number of amides is 3. The molecular formula is C23H27N9O9. The highest BCUT2D eigenvalue weighted by atomic mass is 16.5. The Hall–Kier alpha value is -5.65. The summed E-state index contributed by atoms with van der Waals surface area (Å²) in [6.45, 7) is 0.231. The molecule has 3 rings (SSSR count). The van der Waals surface area contributed by atoms with Crippen LogP contribution in [0, 0.1) is 0 Å². The second kappa shape index (κ2) is 15.1. The van der Waals surface area contributed by atoms with Crippen LogP contribution in [0.2, 0.25) is 0 Å². The molecule has 3 aromatic rings. The fourth-order valence-electron chi connectivity index (χ4n) is 3.05. The predicted octanol–water partition coefficient (Wildman–Crippen LogP) is -1.29. The molecule has 0 aliphatic rings. The van der Waals surface area contributed by atoms with Crippen LogP contribution in [0.1, 0.15) is 41.7 Å². The minimum atomic E-state index is -1.31. The lowest BCUT2D eigenvalue weighted by molar-refractivity contribution is -0.140. The van der Waals surface area contributed by atoms with Gasteiger partial charge in [-0.3, -0.25) is 34.2 Å². The number of benzene rings is 1. The fraction of sp³-hybridized carbons (Fsp3) is 0.261. The molecule has 1 atom stereocenters. The zero-order valence-corrected chi connectivity index (χ0v) is 21.3. The Kier molecular flexibility index (Phi) is 11.6. The number of carboxylic acid groups (broad SMARTS) is 2. The maximum atomic E-state index is 12.3. The number of anilines is 2. The van der Waals surface area contributed by atoms with E-state index in [1.165, 1.54) is 23.8 Å². The summed E-state index contributed by atoms with van der Waals surface area (Å²) >= 11 is 0. The van der Waals surface area contributed by atoms with E-state index in [2.05, 4.69) is 30.6 Å². The number of aromatic nitrogens is 4. The Labute approximate surface area is 230 Å². The predicted molar refractivity (Wildman–Crippen MR) is 140 cm³/mol. The van der Waals surface area contributed by atoms with E-state index >= 15 is 0 Å². The first-order valence-electron chi connectivity index (χ1n) is 11.7. The molecule has 18 nitrogen and oxygen atoms in total. The minimum Gasteiger partial charge on any atom is -0.481 e. The van der Waals surface area contributed by atoms with Crippen molar-refractivity contribution in [2.75, 3.05) is 11.1 Å². The van der Waals surface area contributed by atoms with Gasteiger partial charge in [0.1, 0.15) is 6.04 Å². The van der Waals surface area contributed by atoms with Crippen LogP contribution in [0.15, 0.2) is 35.3 Å². The van der Waals surface area contributed by atoms with Crippen molar-refractivity contribution in [3.05, 3.63) is 52.1 Å². The minimum absolute atomic E-state index is 0.0353. The van der Waals surface area contributed by atoms with Gasteiger partial charge in [0.05, 0.1) is 18.4 Å². The summed E-state index contributed by atoms with van der Waals surface area (Å²) in [5.74, 6) is -4.32. The summed E-state index contributed by atoms with van der Waals surface area (Å²) in [6.07, 6.45) is 0.741. The highest BCUT2D eigenvalue weighted by Crippen LogP contribution is 2.12. The van der Waals surface area contributed by atoms with E-state index in [0.29, 0.717) is 11.4 Å². The number of fused-ring (bicyclic) bond motifs is 1. The van der Waals surface area contributed by atoms with Gasteiger partial charge in [0.2, 0.25) is 17.8 Å². The number of nitrogen functional groups attached to an aromatic ring is 1. The van der Waals surface area contributed by atoms with Crippen molar-refractivity contribution >= 4 is 52.5 Å². The maximum absolute atomic E-state index is 12.3. The number of primary amides is 1. The number of H-pyrrole nitrogens is 1. The number of hydroxylamine groups is 1. The molecule has 0 bridgehead atoms. The maximum Gasteiger partial charge on any atom is 0.326 e. The smallest absolute Gasteiger partial charge is 0.326 e. The van der Waals surface area contributed by atoms with E-state index in [0.717, 1.165) is 0 Å². The van der Waals surface area contributed by atoms with Gasteiger partial charge in [0.25, 0.3) is 11.5 Å². The first-order valence-corrected chi connectivity index (χ1v) is 11.7. The van der Waals surface area contributed by atoms with Gasteiger partial charge in [-0.2, -0.15) is 4.98 Å². The zero-order valence-electron chi connectivity index (χ0n) is 21.3. The topological polar surface area (TPSA) is 306 Å². The van der Waals surface area contributed by atoms with Gasteiger partial charge in [-0.15, -0.1) is 0 Å². The van der Waals surface area contributed by atoms with E-state index in [1.54, 1.807) is 12.1 Å². The zero-order chi connectivity index (χ0) is 30.5. The second-order valence-corrected chi connectivity index (χ2v) is 8.21. The number of rotatable bonds is 12. The lowest BCUT2D eigenvalue weighted by Crippen LogP contribution is -2.41. The third-order valence-corrected chi connectivity index (χ3v) is 5.08. The Bertz CT molecular complexity index is 1480. The molecule has 1 aromatic carbocycles. The van der Waals surface area contributed by atoms with Crippen molar-refractivity contribution in [2.45, 2.75) is 38.3 Å². The van der Waals surface area contributed by atoms with E-state index in [1.807, 2.05) is 0 Å². The van der Waals surface area contributed by atoms with Crippen molar-refractivity contribution in [2.24, 2.45) is 5.73 Å². The van der Waals surface area contributed by atoms with E-state index in [-0.39, 0.29) is 54.9 Å². The SMILES string of the molecule is NC(=O)CCC(=O)NO.Nc1nc2ncc(CNc3ccc(C(=O)NC(CCC(=O)O)C(=O)O)cc3)nc2c(=O)[nH]1. The van der Waals surface area contributed by atoms with Crippen molar-refractivity contribution in [1.29, 1.82) is 0 Å². The molecule has 3 amide bonds. The number of carbonyl (C=O) groups is 5. The molecule has 41 heavy (non-hydrogen) atoms. The molecule has 11 N–H and O–H groups in total. The average Bonchev–Trinajstić information content (AvgIpc) is 2.93. The van der Waals surface area contributed by atoms with Crippen LogP contribution in [-0.2, 0) is 25.7 Å². The summed E-state index contributed by atoms with van der Waals surface area (Å²) in [5, 5.41) is 31.1. The summed E-state index contributed by atoms with van der Waals surface area (Å²) in [7, 11) is 0. The molecule has 0 aliphatic carbocycles. The molecule has 2 aromatic heterocycles. The Morgan fingerprint density at radius 2 is 1.68 bits per heavy atom. The van der Waals surface area contributed by atoms with E-state index < -0.39 is 41.3 Å². The number of aliphatic carboxylic acids is 2. The van der Waals surface area contributed by atoms with Gasteiger partial charge in [0, 0.05) is 30.5 Å². The largest absolute Gasteiger partial charge is 0.481 e. The number of hydrogen-bond acceptors (Lipinski definition) is 12. The molecule has 0 fully saturated rings. The number of hydrogen-bond donors (Lipinski definition) is 9. The van der Waals surface area contributed by atoms with Gasteiger partial charge in [-0.05, 0) is 30.7 Å². The first kappa shape index (κ1) is 31.6. The molecule has 0 saturated carbocycles. The Balaban J connectivity index is 0.000000564. The summed E-state index contributed by atoms with van der Waals surface area (Å²) < 4.78 is 0. The summed E-state index contributed by atoms with van der Waals surface area (Å²) in [5.41, 5.74) is 12.5. The van der Waals surface area contributed by atoms with Crippen LogP contribution in [-0.4, -0.2) is 71.1 Å². The molecule has 0 aliphatic heterocycles. The summed E-state index contributed by atoms with van der Waals surface area (Å²) in [6, 6.07) is 4.86. The number of aromatic amines is 1. The van der Waals surface area contributed by atoms with Crippen molar-refractivity contribution in [3.63, 3.8) is 0 Å². The van der Waals surface area contributed by atoms with Crippen LogP contribution >= 0.6 is 0 Å². The van der Waals surface area contributed by atoms with Gasteiger partial charge in [0.15, 0.2) is 11.2 Å². The molecule has 0 saturated heterocycles. The van der Waals surface area contributed by atoms with Gasteiger partial charge < -0.3 is 32.3 Å².